The molecule has 1 aromatic heterocycles. The summed E-state index contributed by atoms with van der Waals surface area (Å²) < 4.78 is 7.15. The summed E-state index contributed by atoms with van der Waals surface area (Å²) in [4.78, 5) is 14.5. The van der Waals surface area contributed by atoms with E-state index in [4.69, 9.17) is 4.74 Å². The van der Waals surface area contributed by atoms with Crippen LogP contribution >= 0.6 is 0 Å². The second-order valence-electron chi connectivity index (χ2n) is 6.86. The van der Waals surface area contributed by atoms with Gasteiger partial charge in [-0.3, -0.25) is 9.69 Å². The zero-order valence-corrected chi connectivity index (χ0v) is 13.8. The minimum atomic E-state index is 0.112. The third-order valence-corrected chi connectivity index (χ3v) is 5.25. The highest BCUT2D eigenvalue weighted by Gasteiger charge is 2.34. The lowest BCUT2D eigenvalue weighted by Gasteiger charge is -2.42. The van der Waals surface area contributed by atoms with Crippen LogP contribution in [0.4, 0.5) is 0 Å². The third-order valence-electron chi connectivity index (χ3n) is 5.25. The minimum absolute atomic E-state index is 0.112. The standard InChI is InChI=1S/C19H22N2O3/c1-24-17-6-2-4-14(19(17)23)11-20-9-13-8-15(12-20)16-5-3-7-18(22)21(16)10-13/h2-7,13,15,23H,8-12H2,1H3/t13-,15-/m1/s1. The Morgan fingerprint density at radius 1 is 1.17 bits per heavy atom. The van der Waals surface area contributed by atoms with Crippen LogP contribution in [0.25, 0.3) is 0 Å². The fourth-order valence-corrected chi connectivity index (χ4v) is 4.23. The average Bonchev–Trinajstić information content (AvgIpc) is 2.58. The molecule has 2 atom stereocenters. The minimum Gasteiger partial charge on any atom is -0.504 e. The van der Waals surface area contributed by atoms with Gasteiger partial charge in [0.1, 0.15) is 0 Å². The number of aromatic nitrogens is 1. The molecule has 5 nitrogen and oxygen atoms in total. The van der Waals surface area contributed by atoms with Crippen LogP contribution in [-0.4, -0.2) is 34.8 Å². The van der Waals surface area contributed by atoms with Crippen LogP contribution in [-0.2, 0) is 13.1 Å². The summed E-state index contributed by atoms with van der Waals surface area (Å²) in [7, 11) is 1.57. The molecule has 1 N–H and O–H groups in total. The van der Waals surface area contributed by atoms with Crippen molar-refractivity contribution in [3.05, 3.63) is 58.0 Å². The number of hydrogen-bond donors (Lipinski definition) is 1. The average molecular weight is 326 g/mol. The lowest BCUT2D eigenvalue weighted by Crippen LogP contribution is -2.46. The van der Waals surface area contributed by atoms with Crippen LogP contribution in [0.15, 0.2) is 41.2 Å². The molecule has 2 aromatic rings. The molecule has 24 heavy (non-hydrogen) atoms. The number of ether oxygens (including phenoxy) is 1. The number of piperidine rings is 1. The Kier molecular flexibility index (Phi) is 3.81. The Hall–Kier alpha value is -2.27. The Morgan fingerprint density at radius 2 is 2.00 bits per heavy atom. The number of aromatic hydroxyl groups is 1. The number of methoxy groups -OCH3 is 1. The molecular weight excluding hydrogens is 304 g/mol. The van der Waals surface area contributed by atoms with Gasteiger partial charge in [-0.25, -0.2) is 0 Å². The van der Waals surface area contributed by atoms with E-state index in [0.717, 1.165) is 37.3 Å². The maximum atomic E-state index is 12.1. The monoisotopic (exact) mass is 326 g/mol. The zero-order chi connectivity index (χ0) is 16.7. The van der Waals surface area contributed by atoms with Crippen molar-refractivity contribution >= 4 is 0 Å². The van der Waals surface area contributed by atoms with Crippen LogP contribution in [0.1, 0.15) is 23.6 Å². The molecule has 2 aliphatic rings. The highest BCUT2D eigenvalue weighted by molar-refractivity contribution is 5.45. The van der Waals surface area contributed by atoms with Gasteiger partial charge in [0.2, 0.25) is 0 Å². The van der Waals surface area contributed by atoms with Gasteiger partial charge in [0.05, 0.1) is 7.11 Å². The van der Waals surface area contributed by atoms with Gasteiger partial charge in [-0.15, -0.1) is 0 Å². The van der Waals surface area contributed by atoms with Crippen molar-refractivity contribution in [1.82, 2.24) is 9.47 Å². The molecule has 0 amide bonds. The van der Waals surface area contributed by atoms with Crippen molar-refractivity contribution in [2.75, 3.05) is 20.2 Å². The van der Waals surface area contributed by atoms with Crippen LogP contribution in [0, 0.1) is 5.92 Å². The van der Waals surface area contributed by atoms with E-state index >= 15 is 0 Å². The lowest BCUT2D eigenvalue weighted by atomic mass is 9.83. The van der Waals surface area contributed by atoms with Gasteiger partial charge in [-0.2, -0.15) is 0 Å². The number of hydrogen-bond acceptors (Lipinski definition) is 4. The van der Waals surface area contributed by atoms with Crippen molar-refractivity contribution < 1.29 is 9.84 Å². The van der Waals surface area contributed by atoms with Crippen LogP contribution < -0.4 is 10.3 Å². The Morgan fingerprint density at radius 3 is 2.83 bits per heavy atom. The normalized spacial score (nSPS) is 22.9. The van der Waals surface area contributed by atoms with Crippen molar-refractivity contribution in [2.24, 2.45) is 5.92 Å². The Bertz CT molecular complexity index is 814. The molecule has 1 saturated heterocycles. The largest absolute Gasteiger partial charge is 0.504 e. The smallest absolute Gasteiger partial charge is 0.250 e. The quantitative estimate of drug-likeness (QED) is 0.939. The Labute approximate surface area is 141 Å². The summed E-state index contributed by atoms with van der Waals surface area (Å²) >= 11 is 0. The first-order valence-electron chi connectivity index (χ1n) is 8.42. The maximum absolute atomic E-state index is 12.1. The van der Waals surface area contributed by atoms with Crippen molar-refractivity contribution in [3.63, 3.8) is 0 Å². The number of rotatable bonds is 3. The number of benzene rings is 1. The first-order valence-corrected chi connectivity index (χ1v) is 8.42. The maximum Gasteiger partial charge on any atom is 0.250 e. The number of nitrogens with zero attached hydrogens (tertiary/aromatic N) is 2. The van der Waals surface area contributed by atoms with E-state index in [2.05, 4.69) is 11.0 Å². The van der Waals surface area contributed by atoms with E-state index in [1.165, 1.54) is 0 Å². The lowest BCUT2D eigenvalue weighted by molar-refractivity contribution is 0.113. The molecule has 0 aliphatic carbocycles. The number of para-hydroxylation sites is 1. The number of pyridine rings is 1. The van der Waals surface area contributed by atoms with Gasteiger partial charge < -0.3 is 14.4 Å². The highest BCUT2D eigenvalue weighted by Crippen LogP contribution is 2.37. The highest BCUT2D eigenvalue weighted by atomic mass is 16.5. The van der Waals surface area contributed by atoms with Gasteiger partial charge in [-0.05, 0) is 24.5 Å². The predicted octanol–water partition coefficient (Wildman–Crippen LogP) is 2.18. The zero-order valence-electron chi connectivity index (χ0n) is 13.8. The van der Waals surface area contributed by atoms with E-state index in [0.29, 0.717) is 24.1 Å². The number of likely N-dealkylation sites (tertiary alicyclic amines) is 1. The molecule has 1 aromatic carbocycles. The summed E-state index contributed by atoms with van der Waals surface area (Å²) in [5.74, 6) is 1.62. The van der Waals surface area contributed by atoms with Gasteiger partial charge in [0.15, 0.2) is 11.5 Å². The van der Waals surface area contributed by atoms with Crippen LogP contribution in [0.5, 0.6) is 11.5 Å². The van der Waals surface area contributed by atoms with Gasteiger partial charge in [-0.1, -0.05) is 18.2 Å². The van der Waals surface area contributed by atoms with Gasteiger partial charge in [0, 0.05) is 49.4 Å². The molecule has 0 saturated carbocycles. The molecule has 1 fully saturated rings. The molecule has 2 bridgehead atoms. The summed E-state index contributed by atoms with van der Waals surface area (Å²) in [6, 6.07) is 11.2. The second kappa shape index (κ2) is 5.98. The molecule has 126 valence electrons. The van der Waals surface area contributed by atoms with E-state index < -0.39 is 0 Å². The third kappa shape index (κ3) is 2.59. The number of fused-ring (bicyclic) bond motifs is 4. The summed E-state index contributed by atoms with van der Waals surface area (Å²) in [6.07, 6.45) is 1.14. The Balaban J connectivity index is 1.58. The predicted molar refractivity (Wildman–Crippen MR) is 91.5 cm³/mol. The van der Waals surface area contributed by atoms with Crippen molar-refractivity contribution in [2.45, 2.75) is 25.4 Å². The van der Waals surface area contributed by atoms with E-state index in [1.54, 1.807) is 19.2 Å². The first kappa shape index (κ1) is 15.3. The van der Waals surface area contributed by atoms with E-state index in [9.17, 15) is 9.90 Å². The molecule has 3 heterocycles. The second-order valence-corrected chi connectivity index (χ2v) is 6.86. The summed E-state index contributed by atoms with van der Waals surface area (Å²) in [5, 5.41) is 10.3. The van der Waals surface area contributed by atoms with Crippen molar-refractivity contribution in [1.29, 1.82) is 0 Å². The van der Waals surface area contributed by atoms with E-state index in [-0.39, 0.29) is 11.3 Å². The SMILES string of the molecule is COc1cccc(CN2C[C@H]3C[C@H](C2)c2cccc(=O)n2C3)c1O. The molecule has 4 rings (SSSR count). The summed E-state index contributed by atoms with van der Waals surface area (Å²) in [5.41, 5.74) is 2.15. The van der Waals surface area contributed by atoms with Gasteiger partial charge in [0.25, 0.3) is 5.56 Å². The number of phenolic OH excluding ortho intramolecular Hbond substituents is 1. The van der Waals surface area contributed by atoms with Crippen LogP contribution in [0.2, 0.25) is 0 Å². The fourth-order valence-electron chi connectivity index (χ4n) is 4.23. The first-order chi connectivity index (χ1) is 11.7. The van der Waals surface area contributed by atoms with Crippen LogP contribution in [0.3, 0.4) is 0 Å². The molecular formula is C19H22N2O3. The van der Waals surface area contributed by atoms with Gasteiger partial charge >= 0.3 is 0 Å². The number of phenols is 1. The molecule has 0 unspecified atom stereocenters. The molecule has 0 radical (unpaired) electrons. The fraction of sp³-hybridized carbons (Fsp3) is 0.421. The van der Waals surface area contributed by atoms with Crippen molar-refractivity contribution in [3.8, 4) is 11.5 Å². The molecule has 0 spiro atoms. The molecule has 5 heteroatoms. The van der Waals surface area contributed by atoms with E-state index in [1.807, 2.05) is 22.8 Å². The summed E-state index contributed by atoms with van der Waals surface area (Å²) in [6.45, 7) is 3.36. The molecule has 2 aliphatic heterocycles. The topological polar surface area (TPSA) is 54.7 Å².